The average Bonchev–Trinajstić information content (AvgIpc) is 2.84. The molecule has 2 aromatic rings. The van der Waals surface area contributed by atoms with E-state index >= 15 is 0 Å². The third-order valence-corrected chi connectivity index (χ3v) is 7.98. The first kappa shape index (κ1) is 24.1. The summed E-state index contributed by atoms with van der Waals surface area (Å²) in [6, 6.07) is 15.4. The van der Waals surface area contributed by atoms with Crippen LogP contribution in [0.25, 0.3) is 0 Å². The molecule has 1 fully saturated rings. The number of hydrogen-bond donors (Lipinski definition) is 1. The van der Waals surface area contributed by atoms with E-state index < -0.39 is 5.92 Å². The predicted molar refractivity (Wildman–Crippen MR) is 138 cm³/mol. The predicted octanol–water partition coefficient (Wildman–Crippen LogP) is 7.23. The van der Waals surface area contributed by atoms with Crippen LogP contribution < -0.4 is 5.32 Å². The van der Waals surface area contributed by atoms with Gasteiger partial charge in [-0.05, 0) is 68.2 Å². The van der Waals surface area contributed by atoms with E-state index in [9.17, 15) is 9.59 Å². The molecule has 0 spiro atoms. The van der Waals surface area contributed by atoms with Crippen LogP contribution in [-0.4, -0.2) is 17.9 Å². The number of esters is 1. The minimum Gasteiger partial charge on any atom is -0.459 e. The van der Waals surface area contributed by atoms with Gasteiger partial charge in [0.25, 0.3) is 0 Å². The molecular formula is C29H29Cl2NO3. The lowest BCUT2D eigenvalue weighted by atomic mass is 9.71. The summed E-state index contributed by atoms with van der Waals surface area (Å²) >= 11 is 12.8. The van der Waals surface area contributed by atoms with E-state index in [2.05, 4.69) is 17.4 Å². The summed E-state index contributed by atoms with van der Waals surface area (Å²) < 4.78 is 5.98. The molecule has 1 aliphatic heterocycles. The average molecular weight is 510 g/mol. The summed E-state index contributed by atoms with van der Waals surface area (Å²) in [6.07, 6.45) is 6.05. The number of carbonyl (C=O) groups is 2. The number of carbonyl (C=O) groups excluding carboxylic acids is 2. The van der Waals surface area contributed by atoms with Crippen LogP contribution in [0.1, 0.15) is 74.8 Å². The molecule has 0 saturated heterocycles. The highest BCUT2D eigenvalue weighted by atomic mass is 35.5. The largest absolute Gasteiger partial charge is 0.459 e. The van der Waals surface area contributed by atoms with Crippen molar-refractivity contribution in [3.05, 3.63) is 92.2 Å². The summed E-state index contributed by atoms with van der Waals surface area (Å²) in [7, 11) is 0. The van der Waals surface area contributed by atoms with Gasteiger partial charge >= 0.3 is 5.97 Å². The number of halogens is 2. The summed E-state index contributed by atoms with van der Waals surface area (Å²) in [5.74, 6) is -0.849. The van der Waals surface area contributed by atoms with E-state index in [4.69, 9.17) is 27.9 Å². The van der Waals surface area contributed by atoms with E-state index in [0.717, 1.165) is 36.9 Å². The number of nitrogens with one attached hydrogen (secondary N) is 1. The number of rotatable bonds is 4. The van der Waals surface area contributed by atoms with E-state index in [0.29, 0.717) is 45.3 Å². The van der Waals surface area contributed by atoms with Gasteiger partial charge in [-0.15, -0.1) is 0 Å². The van der Waals surface area contributed by atoms with Crippen LogP contribution in [0.3, 0.4) is 0 Å². The van der Waals surface area contributed by atoms with Gasteiger partial charge in [0, 0.05) is 39.4 Å². The van der Waals surface area contributed by atoms with Crippen LogP contribution in [-0.2, 0) is 14.3 Å². The number of ether oxygens (including phenoxy) is 1. The normalized spacial score (nSPS) is 23.1. The maximum atomic E-state index is 13.7. The first-order valence-electron chi connectivity index (χ1n) is 12.4. The van der Waals surface area contributed by atoms with Crippen molar-refractivity contribution in [2.45, 2.75) is 69.8 Å². The maximum absolute atomic E-state index is 13.7. The smallest absolute Gasteiger partial charge is 0.337 e. The Labute approximate surface area is 216 Å². The van der Waals surface area contributed by atoms with Crippen molar-refractivity contribution in [3.8, 4) is 0 Å². The Morgan fingerprint density at radius 2 is 1.74 bits per heavy atom. The van der Waals surface area contributed by atoms with Crippen molar-refractivity contribution in [3.63, 3.8) is 0 Å². The van der Waals surface area contributed by atoms with Crippen molar-refractivity contribution in [2.75, 3.05) is 0 Å². The molecule has 182 valence electrons. The summed E-state index contributed by atoms with van der Waals surface area (Å²) in [5.41, 5.74) is 4.48. The lowest BCUT2D eigenvalue weighted by Gasteiger charge is -2.37. The van der Waals surface area contributed by atoms with Crippen molar-refractivity contribution < 1.29 is 14.3 Å². The first-order chi connectivity index (χ1) is 16.9. The lowest BCUT2D eigenvalue weighted by Crippen LogP contribution is -2.37. The number of benzene rings is 2. The molecule has 2 aromatic carbocycles. The molecule has 1 N–H and O–H groups in total. The monoisotopic (exact) mass is 509 g/mol. The second kappa shape index (κ2) is 10.2. The molecule has 2 unspecified atom stereocenters. The number of allylic oxidation sites excluding steroid dienone is 3. The van der Waals surface area contributed by atoms with Crippen molar-refractivity contribution in [2.24, 2.45) is 0 Å². The molecule has 0 aromatic heterocycles. The van der Waals surface area contributed by atoms with Gasteiger partial charge in [-0.25, -0.2) is 4.79 Å². The van der Waals surface area contributed by atoms with Crippen LogP contribution >= 0.6 is 23.2 Å². The van der Waals surface area contributed by atoms with Gasteiger partial charge in [0.15, 0.2) is 5.78 Å². The van der Waals surface area contributed by atoms with Gasteiger partial charge in [0.1, 0.15) is 6.10 Å². The summed E-state index contributed by atoms with van der Waals surface area (Å²) in [5, 5.41) is 4.36. The van der Waals surface area contributed by atoms with E-state index in [1.54, 1.807) is 12.1 Å². The molecule has 4 nitrogen and oxygen atoms in total. The van der Waals surface area contributed by atoms with E-state index in [1.165, 1.54) is 6.42 Å². The molecular weight excluding hydrogens is 481 g/mol. The number of dihydropyridines is 1. The third kappa shape index (κ3) is 4.92. The number of Topliss-reactive ketones (excluding diaryl/α,β-unsaturated/α-hetero) is 1. The van der Waals surface area contributed by atoms with Crippen LogP contribution in [0.4, 0.5) is 0 Å². The highest BCUT2D eigenvalue weighted by Gasteiger charge is 2.42. The molecule has 2 atom stereocenters. The molecule has 1 saturated carbocycles. The van der Waals surface area contributed by atoms with Gasteiger partial charge in [-0.1, -0.05) is 66.0 Å². The van der Waals surface area contributed by atoms with Crippen LogP contribution in [0.15, 0.2) is 71.1 Å². The topological polar surface area (TPSA) is 55.4 Å². The zero-order valence-corrected chi connectivity index (χ0v) is 21.3. The number of ketones is 1. The Bertz CT molecular complexity index is 1210. The Morgan fingerprint density at radius 3 is 2.46 bits per heavy atom. The minimum absolute atomic E-state index is 0.0269. The summed E-state index contributed by atoms with van der Waals surface area (Å²) in [4.78, 5) is 27.3. The molecule has 35 heavy (non-hydrogen) atoms. The van der Waals surface area contributed by atoms with E-state index in [1.807, 2.05) is 31.2 Å². The fraction of sp³-hybridized carbons (Fsp3) is 0.379. The zero-order valence-electron chi connectivity index (χ0n) is 19.8. The molecule has 3 aliphatic rings. The van der Waals surface area contributed by atoms with Crippen LogP contribution in [0.2, 0.25) is 10.0 Å². The van der Waals surface area contributed by atoms with Crippen LogP contribution in [0, 0.1) is 0 Å². The third-order valence-electron chi connectivity index (χ3n) is 7.42. The standard InChI is InChI=1S/C29H29Cl2NO3/c1-17-26(29(34)35-21-10-6-3-7-11-21)27(22-13-12-20(30)16-23(22)31)28-24(32-17)14-19(15-25(28)33)18-8-4-2-5-9-18/h2,4-5,8-9,12-13,16,19,21,27,32H,3,6-7,10-11,14-15H2,1H3. The van der Waals surface area contributed by atoms with Gasteiger partial charge in [-0.3, -0.25) is 4.79 Å². The Morgan fingerprint density at radius 1 is 1.00 bits per heavy atom. The fourth-order valence-electron chi connectivity index (χ4n) is 5.71. The molecule has 0 bridgehead atoms. The first-order valence-corrected chi connectivity index (χ1v) is 13.1. The molecule has 1 heterocycles. The lowest BCUT2D eigenvalue weighted by molar-refractivity contribution is -0.146. The van der Waals surface area contributed by atoms with Gasteiger partial charge in [0.2, 0.25) is 0 Å². The van der Waals surface area contributed by atoms with Crippen LogP contribution in [0.5, 0.6) is 0 Å². The van der Waals surface area contributed by atoms with Crippen molar-refractivity contribution in [1.82, 2.24) is 5.32 Å². The molecule has 6 heteroatoms. The van der Waals surface area contributed by atoms with Gasteiger partial charge < -0.3 is 10.1 Å². The van der Waals surface area contributed by atoms with Crippen molar-refractivity contribution >= 4 is 35.0 Å². The second-order valence-electron chi connectivity index (χ2n) is 9.76. The highest BCUT2D eigenvalue weighted by molar-refractivity contribution is 6.35. The molecule has 2 aliphatic carbocycles. The second-order valence-corrected chi connectivity index (χ2v) is 10.6. The van der Waals surface area contributed by atoms with Crippen molar-refractivity contribution in [1.29, 1.82) is 0 Å². The van der Waals surface area contributed by atoms with Gasteiger partial charge in [0.05, 0.1) is 5.57 Å². The maximum Gasteiger partial charge on any atom is 0.337 e. The van der Waals surface area contributed by atoms with Gasteiger partial charge in [-0.2, -0.15) is 0 Å². The number of hydrogen-bond acceptors (Lipinski definition) is 4. The zero-order chi connectivity index (χ0) is 24.5. The quantitative estimate of drug-likeness (QED) is 0.441. The Balaban J connectivity index is 1.55. The Kier molecular flexibility index (Phi) is 7.04. The molecule has 0 radical (unpaired) electrons. The minimum atomic E-state index is -0.587. The van der Waals surface area contributed by atoms with E-state index in [-0.39, 0.29) is 23.8 Å². The molecule has 0 amide bonds. The highest BCUT2D eigenvalue weighted by Crippen LogP contribution is 2.47. The summed E-state index contributed by atoms with van der Waals surface area (Å²) in [6.45, 7) is 1.88. The Hall–Kier alpha value is -2.56. The molecule has 5 rings (SSSR count). The fourth-order valence-corrected chi connectivity index (χ4v) is 6.23. The SMILES string of the molecule is CC1=C(C(=O)OC2CCCCC2)C(c2ccc(Cl)cc2Cl)C2=C(CC(c3ccccc3)CC2=O)N1.